The number of benzene rings is 1. The normalized spacial score (nSPS) is 5.88. The second-order valence-electron chi connectivity index (χ2n) is 1.86. The van der Waals surface area contributed by atoms with Crippen LogP contribution in [0.25, 0.3) is 0 Å². The van der Waals surface area contributed by atoms with E-state index in [1.165, 1.54) is 6.07 Å². The van der Waals surface area contributed by atoms with E-state index in [0.717, 1.165) is 0 Å². The summed E-state index contributed by atoms with van der Waals surface area (Å²) in [5.74, 6) is 0.0225. The van der Waals surface area contributed by atoms with Crippen molar-refractivity contribution in [1.82, 2.24) is 0 Å². The second kappa shape index (κ2) is 24.1. The van der Waals surface area contributed by atoms with E-state index in [2.05, 4.69) is 20.0 Å². The molecular weight excluding hydrogens is 267 g/mol. The second-order valence-corrected chi connectivity index (χ2v) is 1.86. The fraction of sp³-hybridized carbons (Fsp3) is 0.182. The molecule has 6 heteroatoms. The summed E-state index contributed by atoms with van der Waals surface area (Å²) in [5.41, 5.74) is 0. The maximum Gasteiger partial charge on any atom is 0 e. The third-order valence-electron chi connectivity index (χ3n) is 1.14. The van der Waals surface area contributed by atoms with Crippen LogP contribution in [0.15, 0.2) is 24.3 Å². The van der Waals surface area contributed by atoms with Crippen LogP contribution in [-0.4, -0.2) is 6.61 Å². The summed E-state index contributed by atoms with van der Waals surface area (Å²) in [7, 11) is 0. The predicted molar refractivity (Wildman–Crippen MR) is 49.4 cm³/mol. The van der Waals surface area contributed by atoms with Gasteiger partial charge in [0.15, 0.2) is 11.6 Å². The number of halogens is 1. The summed E-state index contributed by atoms with van der Waals surface area (Å²) in [6.45, 7) is 15.8. The van der Waals surface area contributed by atoms with Gasteiger partial charge in [-0.1, -0.05) is 12.1 Å². The number of hydrogen-bond donors (Lipinski definition) is 0. The van der Waals surface area contributed by atoms with Gasteiger partial charge in [-0.2, -0.15) is 0 Å². The third kappa shape index (κ3) is 14.7. The molecule has 0 fully saturated rings. The van der Waals surface area contributed by atoms with E-state index in [4.69, 9.17) is 18.7 Å². The predicted octanol–water partition coefficient (Wildman–Crippen LogP) is 2.11. The standard InChI is InChI=1S/C8H9FO.3CO.Cr/c1-2-10-8-6-4-3-5-7(8)9;3*1-2;/h3-6H,2H2,1H3;;;;. The van der Waals surface area contributed by atoms with Crippen molar-refractivity contribution in [2.24, 2.45) is 0 Å². The van der Waals surface area contributed by atoms with Crippen molar-refractivity contribution in [2.75, 3.05) is 6.61 Å². The first-order valence-corrected chi connectivity index (χ1v) is 3.83. The van der Waals surface area contributed by atoms with E-state index in [1.807, 2.05) is 6.92 Å². The van der Waals surface area contributed by atoms with Gasteiger partial charge in [0.25, 0.3) is 0 Å². The monoisotopic (exact) mass is 276 g/mol. The van der Waals surface area contributed by atoms with E-state index in [1.54, 1.807) is 18.2 Å². The Bertz CT molecular complexity index is 308. The Hall–Kier alpha value is -1.30. The van der Waals surface area contributed by atoms with Gasteiger partial charge in [0.1, 0.15) is 0 Å². The van der Waals surface area contributed by atoms with Gasteiger partial charge in [-0.3, -0.25) is 0 Å². The van der Waals surface area contributed by atoms with E-state index in [-0.39, 0.29) is 23.2 Å². The van der Waals surface area contributed by atoms with Crippen LogP contribution in [0.4, 0.5) is 4.39 Å². The molecular formula is C11H9CrFO4. The molecule has 1 aromatic rings. The van der Waals surface area contributed by atoms with Crippen molar-refractivity contribution in [3.8, 4) is 5.75 Å². The fourth-order valence-electron chi connectivity index (χ4n) is 0.717. The zero-order valence-corrected chi connectivity index (χ0v) is 10.2. The van der Waals surface area contributed by atoms with Crippen LogP contribution in [0.1, 0.15) is 6.92 Å². The summed E-state index contributed by atoms with van der Waals surface area (Å²) >= 11 is 0. The van der Waals surface area contributed by atoms with Crippen LogP contribution in [0, 0.1) is 25.8 Å². The molecule has 0 spiro atoms. The Morgan fingerprint density at radius 2 is 1.47 bits per heavy atom. The largest absolute Gasteiger partial charge is 0 e. The summed E-state index contributed by atoms with van der Waals surface area (Å²) in [5, 5.41) is 0. The van der Waals surface area contributed by atoms with Crippen molar-refractivity contribution in [3.05, 3.63) is 50.0 Å². The van der Waals surface area contributed by atoms with Crippen molar-refractivity contribution in [3.63, 3.8) is 0 Å². The Balaban J connectivity index is -0.000000106. The molecule has 0 amide bonds. The zero-order valence-electron chi connectivity index (χ0n) is 8.94. The summed E-state index contributed by atoms with van der Waals surface area (Å²) in [6, 6.07) is 6.37. The van der Waals surface area contributed by atoms with Gasteiger partial charge >= 0.3 is 33.9 Å². The maximum atomic E-state index is 12.7. The number of ether oxygens (including phenoxy) is 1. The summed E-state index contributed by atoms with van der Waals surface area (Å²) < 4.78 is 40.1. The summed E-state index contributed by atoms with van der Waals surface area (Å²) in [6.07, 6.45) is 0. The molecule has 1 aromatic carbocycles. The SMILES string of the molecule is CCOc1ccccc1F.[C-]#[O+].[C-]#[O+].[C-]#[O+].[Cr]. The molecule has 90 valence electrons. The molecule has 0 unspecified atom stereocenters. The first-order chi connectivity index (χ1) is 7.84. The average molecular weight is 276 g/mol. The molecule has 0 aromatic heterocycles. The molecule has 0 heterocycles. The molecule has 0 saturated carbocycles. The molecule has 0 bridgehead atoms. The van der Waals surface area contributed by atoms with Crippen LogP contribution in [0.2, 0.25) is 0 Å². The minimum Gasteiger partial charge on any atom is 0 e. The third-order valence-corrected chi connectivity index (χ3v) is 1.14. The molecule has 17 heavy (non-hydrogen) atoms. The van der Waals surface area contributed by atoms with Gasteiger partial charge < -0.3 is 4.74 Å². The van der Waals surface area contributed by atoms with Crippen molar-refractivity contribution in [1.29, 1.82) is 0 Å². The number of hydrogen-bond acceptors (Lipinski definition) is 1. The Labute approximate surface area is 110 Å². The van der Waals surface area contributed by atoms with Crippen LogP contribution in [0.5, 0.6) is 5.75 Å². The van der Waals surface area contributed by atoms with Crippen LogP contribution < -0.4 is 4.74 Å². The fourth-order valence-corrected chi connectivity index (χ4v) is 0.717. The molecule has 1 rings (SSSR count). The maximum absolute atomic E-state index is 12.7. The molecule has 0 radical (unpaired) electrons. The first kappa shape index (κ1) is 24.8. The van der Waals surface area contributed by atoms with Gasteiger partial charge in [-0.25, -0.2) is 4.39 Å². The zero-order chi connectivity index (χ0) is 13.4. The smallest absolute Gasteiger partial charge is 0 e. The molecule has 4 nitrogen and oxygen atoms in total. The minimum absolute atomic E-state index is 0. The Kier molecular flexibility index (Phi) is 35.1. The van der Waals surface area contributed by atoms with Crippen LogP contribution in [-0.2, 0) is 31.3 Å². The topological polar surface area (TPSA) is 68.9 Å². The van der Waals surface area contributed by atoms with Gasteiger partial charge in [0.05, 0.1) is 6.61 Å². The molecule has 0 aliphatic rings. The molecule has 0 aliphatic carbocycles. The van der Waals surface area contributed by atoms with E-state index >= 15 is 0 Å². The number of para-hydroxylation sites is 1. The molecule has 0 atom stereocenters. The summed E-state index contributed by atoms with van der Waals surface area (Å²) in [4.78, 5) is 0. The van der Waals surface area contributed by atoms with Crippen molar-refractivity contribution in [2.45, 2.75) is 6.92 Å². The molecule has 0 saturated heterocycles. The van der Waals surface area contributed by atoms with E-state index in [0.29, 0.717) is 12.4 Å². The van der Waals surface area contributed by atoms with Crippen molar-refractivity contribution >= 4 is 0 Å². The van der Waals surface area contributed by atoms with E-state index in [9.17, 15) is 4.39 Å². The Morgan fingerprint density at radius 1 is 1.06 bits per heavy atom. The first-order valence-electron chi connectivity index (χ1n) is 3.83. The average Bonchev–Trinajstić information content (AvgIpc) is 2.40. The molecule has 0 N–H and O–H groups in total. The minimum atomic E-state index is -0.302. The van der Waals surface area contributed by atoms with Crippen LogP contribution in [0.3, 0.4) is 0 Å². The van der Waals surface area contributed by atoms with E-state index < -0.39 is 0 Å². The van der Waals surface area contributed by atoms with Crippen LogP contribution >= 0.6 is 0 Å². The van der Waals surface area contributed by atoms with Gasteiger partial charge in [-0.05, 0) is 19.1 Å². The molecule has 0 aliphatic heterocycles. The Morgan fingerprint density at radius 3 is 1.82 bits per heavy atom. The quantitative estimate of drug-likeness (QED) is 0.602. The van der Waals surface area contributed by atoms with Crippen molar-refractivity contribution < 1.29 is 40.4 Å². The van der Waals surface area contributed by atoms with Gasteiger partial charge in [-0.15, -0.1) is 0 Å². The van der Waals surface area contributed by atoms with Gasteiger partial charge in [0.2, 0.25) is 0 Å². The van der Waals surface area contributed by atoms with Gasteiger partial charge in [0, 0.05) is 17.4 Å². The number of rotatable bonds is 2.